The Morgan fingerprint density at radius 1 is 0.833 bits per heavy atom. The number of halogens is 1. The SMILES string of the molecule is ClCCCc1cccc2c1Oc1ccccc1O2. The van der Waals surface area contributed by atoms with E-state index in [0.717, 1.165) is 41.4 Å². The van der Waals surface area contributed by atoms with Crippen LogP contribution in [0.15, 0.2) is 42.5 Å². The molecule has 0 N–H and O–H groups in total. The molecule has 0 atom stereocenters. The molecule has 2 aromatic rings. The molecule has 0 spiro atoms. The van der Waals surface area contributed by atoms with Crippen molar-refractivity contribution in [3.63, 3.8) is 0 Å². The summed E-state index contributed by atoms with van der Waals surface area (Å²) >= 11 is 5.74. The van der Waals surface area contributed by atoms with Crippen molar-refractivity contribution in [1.29, 1.82) is 0 Å². The molecular weight excluding hydrogens is 248 g/mol. The highest BCUT2D eigenvalue weighted by molar-refractivity contribution is 6.17. The van der Waals surface area contributed by atoms with E-state index in [1.54, 1.807) is 0 Å². The zero-order valence-electron chi connectivity index (χ0n) is 9.86. The van der Waals surface area contributed by atoms with E-state index in [1.165, 1.54) is 0 Å². The van der Waals surface area contributed by atoms with E-state index in [0.29, 0.717) is 5.88 Å². The van der Waals surface area contributed by atoms with Gasteiger partial charge < -0.3 is 9.47 Å². The molecule has 0 fully saturated rings. The minimum atomic E-state index is 0.654. The predicted molar refractivity (Wildman–Crippen MR) is 72.1 cm³/mol. The molecule has 0 amide bonds. The van der Waals surface area contributed by atoms with Gasteiger partial charge >= 0.3 is 0 Å². The minimum Gasteiger partial charge on any atom is -0.450 e. The third-order valence-corrected chi connectivity index (χ3v) is 3.19. The summed E-state index contributed by atoms with van der Waals surface area (Å²) in [6.07, 6.45) is 1.83. The maximum Gasteiger partial charge on any atom is 0.173 e. The minimum absolute atomic E-state index is 0.654. The van der Waals surface area contributed by atoms with Crippen LogP contribution in [0, 0.1) is 0 Å². The van der Waals surface area contributed by atoms with Gasteiger partial charge in [0.05, 0.1) is 0 Å². The zero-order valence-corrected chi connectivity index (χ0v) is 10.6. The lowest BCUT2D eigenvalue weighted by Gasteiger charge is -2.22. The van der Waals surface area contributed by atoms with E-state index in [2.05, 4.69) is 6.07 Å². The quantitative estimate of drug-likeness (QED) is 0.633. The normalized spacial score (nSPS) is 12.1. The van der Waals surface area contributed by atoms with Crippen LogP contribution in [0.3, 0.4) is 0 Å². The monoisotopic (exact) mass is 260 g/mol. The van der Waals surface area contributed by atoms with Crippen molar-refractivity contribution in [2.45, 2.75) is 12.8 Å². The maximum atomic E-state index is 5.94. The molecule has 0 saturated carbocycles. The van der Waals surface area contributed by atoms with Gasteiger partial charge in [-0.15, -0.1) is 11.6 Å². The second kappa shape index (κ2) is 4.91. The highest BCUT2D eigenvalue weighted by Gasteiger charge is 2.20. The zero-order chi connectivity index (χ0) is 12.4. The second-order valence-corrected chi connectivity index (χ2v) is 4.57. The molecule has 1 aliphatic rings. The van der Waals surface area contributed by atoms with E-state index in [4.69, 9.17) is 21.1 Å². The van der Waals surface area contributed by atoms with Gasteiger partial charge in [0.15, 0.2) is 23.0 Å². The van der Waals surface area contributed by atoms with E-state index in [9.17, 15) is 0 Å². The van der Waals surface area contributed by atoms with Crippen molar-refractivity contribution < 1.29 is 9.47 Å². The molecule has 1 heterocycles. The lowest BCUT2D eigenvalue weighted by atomic mass is 10.1. The molecule has 0 aliphatic carbocycles. The van der Waals surface area contributed by atoms with Gasteiger partial charge in [-0.25, -0.2) is 0 Å². The number of ether oxygens (including phenoxy) is 2. The Bertz CT molecular complexity index is 566. The first kappa shape index (κ1) is 11.4. The van der Waals surface area contributed by atoms with Crippen molar-refractivity contribution in [3.8, 4) is 23.0 Å². The highest BCUT2D eigenvalue weighted by Crippen LogP contribution is 2.46. The number of aryl methyl sites for hydroxylation is 1. The Morgan fingerprint density at radius 2 is 1.56 bits per heavy atom. The number of fused-ring (bicyclic) bond motifs is 2. The van der Waals surface area contributed by atoms with E-state index >= 15 is 0 Å². The average Bonchev–Trinajstić information content (AvgIpc) is 2.43. The summed E-state index contributed by atoms with van der Waals surface area (Å²) in [6, 6.07) is 13.7. The largest absolute Gasteiger partial charge is 0.450 e. The van der Waals surface area contributed by atoms with Gasteiger partial charge in [0.1, 0.15) is 0 Å². The number of benzene rings is 2. The fourth-order valence-electron chi connectivity index (χ4n) is 2.06. The third kappa shape index (κ3) is 2.04. The van der Waals surface area contributed by atoms with E-state index in [-0.39, 0.29) is 0 Å². The van der Waals surface area contributed by atoms with Gasteiger partial charge in [-0.05, 0) is 36.6 Å². The molecular formula is C15H13ClO2. The maximum absolute atomic E-state index is 5.94. The standard InChI is InChI=1S/C15H13ClO2/c16-10-4-6-11-5-3-9-14-15(11)18-13-8-2-1-7-12(13)17-14/h1-3,5,7-9H,4,6,10H2. The lowest BCUT2D eigenvalue weighted by Crippen LogP contribution is -2.02. The predicted octanol–water partition coefficient (Wildman–Crippen LogP) is 4.76. The Balaban J connectivity index is 1.97. The van der Waals surface area contributed by atoms with Crippen LogP contribution in [0.25, 0.3) is 0 Å². The summed E-state index contributed by atoms with van der Waals surface area (Å²) in [5.74, 6) is 3.78. The van der Waals surface area contributed by atoms with Crippen LogP contribution in [-0.4, -0.2) is 5.88 Å². The van der Waals surface area contributed by atoms with Gasteiger partial charge in [-0.2, -0.15) is 0 Å². The van der Waals surface area contributed by atoms with Gasteiger partial charge in [-0.3, -0.25) is 0 Å². The Hall–Kier alpha value is -1.67. The first-order chi connectivity index (χ1) is 8.88. The molecule has 0 unspecified atom stereocenters. The molecule has 3 heteroatoms. The van der Waals surface area contributed by atoms with Gasteiger partial charge in [0.25, 0.3) is 0 Å². The Kier molecular flexibility index (Phi) is 3.11. The number of para-hydroxylation sites is 3. The summed E-state index contributed by atoms with van der Waals surface area (Å²) in [5, 5.41) is 0. The van der Waals surface area contributed by atoms with E-state index in [1.807, 2.05) is 36.4 Å². The Morgan fingerprint density at radius 3 is 2.33 bits per heavy atom. The summed E-state index contributed by atoms with van der Waals surface area (Å²) < 4.78 is 11.8. The molecule has 0 saturated heterocycles. The van der Waals surface area contributed by atoms with Crippen molar-refractivity contribution >= 4 is 11.6 Å². The van der Waals surface area contributed by atoms with Gasteiger partial charge in [0, 0.05) is 5.88 Å². The fraction of sp³-hybridized carbons (Fsp3) is 0.200. The highest BCUT2D eigenvalue weighted by atomic mass is 35.5. The fourth-order valence-corrected chi connectivity index (χ4v) is 2.19. The molecule has 1 aliphatic heterocycles. The summed E-state index contributed by atoms with van der Waals surface area (Å²) in [4.78, 5) is 0. The Labute approximate surface area is 111 Å². The molecule has 0 aromatic heterocycles. The molecule has 3 rings (SSSR count). The van der Waals surface area contributed by atoms with Crippen LogP contribution in [-0.2, 0) is 6.42 Å². The van der Waals surface area contributed by atoms with Crippen molar-refractivity contribution in [1.82, 2.24) is 0 Å². The first-order valence-corrected chi connectivity index (χ1v) is 6.54. The summed E-state index contributed by atoms with van der Waals surface area (Å²) in [5.41, 5.74) is 1.14. The number of alkyl halides is 1. The van der Waals surface area contributed by atoms with Gasteiger partial charge in [0.2, 0.25) is 0 Å². The molecule has 2 nitrogen and oxygen atoms in total. The van der Waals surface area contributed by atoms with E-state index < -0.39 is 0 Å². The topological polar surface area (TPSA) is 18.5 Å². The van der Waals surface area contributed by atoms with Gasteiger partial charge in [-0.1, -0.05) is 24.3 Å². The van der Waals surface area contributed by atoms with Crippen LogP contribution < -0.4 is 9.47 Å². The molecule has 18 heavy (non-hydrogen) atoms. The smallest absolute Gasteiger partial charge is 0.173 e. The van der Waals surface area contributed by atoms with Crippen molar-refractivity contribution in [3.05, 3.63) is 48.0 Å². The molecule has 2 aromatic carbocycles. The van der Waals surface area contributed by atoms with Crippen LogP contribution >= 0.6 is 11.6 Å². The van der Waals surface area contributed by atoms with Crippen molar-refractivity contribution in [2.24, 2.45) is 0 Å². The molecule has 92 valence electrons. The lowest BCUT2D eigenvalue weighted by molar-refractivity contribution is 0.356. The molecule has 0 radical (unpaired) electrons. The number of hydrogen-bond acceptors (Lipinski definition) is 2. The van der Waals surface area contributed by atoms with Crippen molar-refractivity contribution in [2.75, 3.05) is 5.88 Å². The second-order valence-electron chi connectivity index (χ2n) is 4.19. The first-order valence-electron chi connectivity index (χ1n) is 6.01. The number of rotatable bonds is 3. The number of hydrogen-bond donors (Lipinski definition) is 0. The van der Waals surface area contributed by atoms with Crippen LogP contribution in [0.2, 0.25) is 0 Å². The van der Waals surface area contributed by atoms with Crippen LogP contribution in [0.5, 0.6) is 23.0 Å². The summed E-state index contributed by atoms with van der Waals surface area (Å²) in [6.45, 7) is 0. The molecule has 0 bridgehead atoms. The third-order valence-electron chi connectivity index (χ3n) is 2.92. The van der Waals surface area contributed by atoms with Crippen LogP contribution in [0.1, 0.15) is 12.0 Å². The average molecular weight is 261 g/mol. The van der Waals surface area contributed by atoms with Crippen LogP contribution in [0.4, 0.5) is 0 Å². The summed E-state index contributed by atoms with van der Waals surface area (Å²) in [7, 11) is 0.